The first-order valence-electron chi connectivity index (χ1n) is 5.81. The standard InChI is InChI=1S/C13H14N4O2/c1-2-19-13-11(4-3-7-15-13)17-12(18)10-6-5-9(14)8-16-10/h3-8H,2,14H2,1H3,(H,17,18). The van der Waals surface area contributed by atoms with Crippen molar-refractivity contribution in [2.45, 2.75) is 6.92 Å². The second-order valence-electron chi connectivity index (χ2n) is 3.72. The minimum Gasteiger partial charge on any atom is -0.476 e. The van der Waals surface area contributed by atoms with Crippen LogP contribution in [0.15, 0.2) is 36.7 Å². The van der Waals surface area contributed by atoms with E-state index >= 15 is 0 Å². The van der Waals surface area contributed by atoms with E-state index in [2.05, 4.69) is 15.3 Å². The number of nitrogens with one attached hydrogen (secondary N) is 1. The quantitative estimate of drug-likeness (QED) is 0.871. The zero-order valence-electron chi connectivity index (χ0n) is 10.5. The lowest BCUT2D eigenvalue weighted by Gasteiger charge is -2.09. The molecule has 98 valence electrons. The molecule has 0 saturated heterocycles. The van der Waals surface area contributed by atoms with Gasteiger partial charge in [0, 0.05) is 6.20 Å². The normalized spacial score (nSPS) is 9.95. The summed E-state index contributed by atoms with van der Waals surface area (Å²) in [5, 5.41) is 2.70. The van der Waals surface area contributed by atoms with Crippen LogP contribution in [0.4, 0.5) is 11.4 Å². The number of nitrogens with two attached hydrogens (primary N) is 1. The molecule has 2 heterocycles. The molecule has 0 aliphatic heterocycles. The number of ether oxygens (including phenoxy) is 1. The van der Waals surface area contributed by atoms with Crippen molar-refractivity contribution in [2.24, 2.45) is 0 Å². The summed E-state index contributed by atoms with van der Waals surface area (Å²) >= 11 is 0. The summed E-state index contributed by atoms with van der Waals surface area (Å²) in [6, 6.07) is 6.61. The predicted octanol–water partition coefficient (Wildman–Crippen LogP) is 1.71. The third-order valence-electron chi connectivity index (χ3n) is 2.32. The van der Waals surface area contributed by atoms with Crippen molar-refractivity contribution in [3.8, 4) is 5.88 Å². The first-order chi connectivity index (χ1) is 9.20. The highest BCUT2D eigenvalue weighted by Crippen LogP contribution is 2.21. The summed E-state index contributed by atoms with van der Waals surface area (Å²) in [4.78, 5) is 20.0. The van der Waals surface area contributed by atoms with Crippen LogP contribution in [0.3, 0.4) is 0 Å². The van der Waals surface area contributed by atoms with Crippen LogP contribution in [0.5, 0.6) is 5.88 Å². The van der Waals surface area contributed by atoms with Gasteiger partial charge in [-0.2, -0.15) is 0 Å². The maximum absolute atomic E-state index is 12.0. The second-order valence-corrected chi connectivity index (χ2v) is 3.72. The van der Waals surface area contributed by atoms with Gasteiger partial charge in [0.2, 0.25) is 5.88 Å². The topological polar surface area (TPSA) is 90.1 Å². The summed E-state index contributed by atoms with van der Waals surface area (Å²) in [7, 11) is 0. The molecule has 6 nitrogen and oxygen atoms in total. The molecule has 0 saturated carbocycles. The van der Waals surface area contributed by atoms with Gasteiger partial charge in [0.25, 0.3) is 5.91 Å². The SMILES string of the molecule is CCOc1ncccc1NC(=O)c1ccc(N)cn1. The Morgan fingerprint density at radius 1 is 1.37 bits per heavy atom. The maximum Gasteiger partial charge on any atom is 0.274 e. The Balaban J connectivity index is 2.16. The van der Waals surface area contributed by atoms with Gasteiger partial charge in [-0.1, -0.05) is 0 Å². The van der Waals surface area contributed by atoms with Crippen molar-refractivity contribution in [1.82, 2.24) is 9.97 Å². The minimum absolute atomic E-state index is 0.278. The first-order valence-corrected chi connectivity index (χ1v) is 5.81. The Labute approximate surface area is 110 Å². The molecule has 0 aliphatic carbocycles. The molecule has 0 spiro atoms. The lowest BCUT2D eigenvalue weighted by atomic mass is 10.3. The average molecular weight is 258 g/mol. The summed E-state index contributed by atoms with van der Waals surface area (Å²) in [6.45, 7) is 2.32. The van der Waals surface area contributed by atoms with E-state index in [0.29, 0.717) is 23.9 Å². The Hall–Kier alpha value is -2.63. The number of pyridine rings is 2. The number of nitrogens with zero attached hydrogens (tertiary/aromatic N) is 2. The Kier molecular flexibility index (Phi) is 3.92. The molecule has 19 heavy (non-hydrogen) atoms. The van der Waals surface area contributed by atoms with E-state index in [9.17, 15) is 4.79 Å². The highest BCUT2D eigenvalue weighted by atomic mass is 16.5. The number of nitrogen functional groups attached to an aromatic ring is 1. The molecule has 0 fully saturated rings. The van der Waals surface area contributed by atoms with Crippen molar-refractivity contribution < 1.29 is 9.53 Å². The van der Waals surface area contributed by atoms with Crippen molar-refractivity contribution in [1.29, 1.82) is 0 Å². The molecule has 2 aromatic heterocycles. The zero-order valence-corrected chi connectivity index (χ0v) is 10.5. The number of anilines is 2. The molecule has 0 bridgehead atoms. The lowest BCUT2D eigenvalue weighted by molar-refractivity contribution is 0.102. The molecule has 6 heteroatoms. The number of hydrogen-bond acceptors (Lipinski definition) is 5. The Morgan fingerprint density at radius 2 is 2.21 bits per heavy atom. The molecular weight excluding hydrogens is 244 g/mol. The van der Waals surface area contributed by atoms with E-state index in [1.54, 1.807) is 30.5 Å². The van der Waals surface area contributed by atoms with Crippen LogP contribution in [0.2, 0.25) is 0 Å². The average Bonchev–Trinajstić information content (AvgIpc) is 2.42. The molecule has 0 unspecified atom stereocenters. The molecule has 3 N–H and O–H groups in total. The largest absolute Gasteiger partial charge is 0.476 e. The van der Waals surface area contributed by atoms with E-state index in [-0.39, 0.29) is 11.6 Å². The fraction of sp³-hybridized carbons (Fsp3) is 0.154. The van der Waals surface area contributed by atoms with Gasteiger partial charge in [0.1, 0.15) is 11.4 Å². The van der Waals surface area contributed by atoms with E-state index in [4.69, 9.17) is 10.5 Å². The van der Waals surface area contributed by atoms with Gasteiger partial charge in [-0.25, -0.2) is 9.97 Å². The fourth-order valence-electron chi connectivity index (χ4n) is 1.46. The number of hydrogen-bond donors (Lipinski definition) is 2. The predicted molar refractivity (Wildman–Crippen MR) is 72.0 cm³/mol. The highest BCUT2D eigenvalue weighted by molar-refractivity contribution is 6.03. The van der Waals surface area contributed by atoms with Crippen LogP contribution in [-0.4, -0.2) is 22.5 Å². The van der Waals surface area contributed by atoms with Crippen LogP contribution < -0.4 is 15.8 Å². The fourth-order valence-corrected chi connectivity index (χ4v) is 1.46. The van der Waals surface area contributed by atoms with Crippen molar-refractivity contribution >= 4 is 17.3 Å². The van der Waals surface area contributed by atoms with Gasteiger partial charge >= 0.3 is 0 Å². The number of carbonyl (C=O) groups excluding carboxylic acids is 1. The third-order valence-corrected chi connectivity index (χ3v) is 2.32. The van der Waals surface area contributed by atoms with Crippen LogP contribution >= 0.6 is 0 Å². The first kappa shape index (κ1) is 12.8. The third kappa shape index (κ3) is 3.19. The molecule has 0 aromatic carbocycles. The van der Waals surface area contributed by atoms with Crippen molar-refractivity contribution in [2.75, 3.05) is 17.7 Å². The van der Waals surface area contributed by atoms with Crippen LogP contribution in [-0.2, 0) is 0 Å². The number of carbonyl (C=O) groups is 1. The van der Waals surface area contributed by atoms with E-state index in [1.807, 2.05) is 6.92 Å². The van der Waals surface area contributed by atoms with E-state index in [1.165, 1.54) is 6.20 Å². The van der Waals surface area contributed by atoms with Gasteiger partial charge in [-0.3, -0.25) is 4.79 Å². The summed E-state index contributed by atoms with van der Waals surface area (Å²) < 4.78 is 5.33. The number of aromatic nitrogens is 2. The Bertz CT molecular complexity index is 569. The summed E-state index contributed by atoms with van der Waals surface area (Å²) in [5.41, 5.74) is 6.81. The minimum atomic E-state index is -0.339. The van der Waals surface area contributed by atoms with Gasteiger partial charge in [-0.15, -0.1) is 0 Å². The summed E-state index contributed by atoms with van der Waals surface area (Å²) in [6.07, 6.45) is 3.03. The van der Waals surface area contributed by atoms with Gasteiger partial charge < -0.3 is 15.8 Å². The molecule has 2 aromatic rings. The summed E-state index contributed by atoms with van der Waals surface area (Å²) in [5.74, 6) is 0.0442. The highest BCUT2D eigenvalue weighted by Gasteiger charge is 2.11. The molecular formula is C13H14N4O2. The van der Waals surface area contributed by atoms with Crippen LogP contribution in [0.25, 0.3) is 0 Å². The maximum atomic E-state index is 12.0. The monoisotopic (exact) mass is 258 g/mol. The molecule has 0 atom stereocenters. The lowest BCUT2D eigenvalue weighted by Crippen LogP contribution is -2.15. The molecule has 0 radical (unpaired) electrons. The van der Waals surface area contributed by atoms with E-state index < -0.39 is 0 Å². The Morgan fingerprint density at radius 3 is 2.89 bits per heavy atom. The van der Waals surface area contributed by atoms with Crippen LogP contribution in [0, 0.1) is 0 Å². The number of amides is 1. The van der Waals surface area contributed by atoms with Gasteiger partial charge in [0.05, 0.1) is 18.5 Å². The smallest absolute Gasteiger partial charge is 0.274 e. The van der Waals surface area contributed by atoms with Crippen LogP contribution in [0.1, 0.15) is 17.4 Å². The van der Waals surface area contributed by atoms with Gasteiger partial charge in [-0.05, 0) is 31.2 Å². The van der Waals surface area contributed by atoms with Crippen molar-refractivity contribution in [3.63, 3.8) is 0 Å². The van der Waals surface area contributed by atoms with Crippen molar-refractivity contribution in [3.05, 3.63) is 42.4 Å². The molecule has 1 amide bonds. The molecule has 0 aliphatic rings. The van der Waals surface area contributed by atoms with E-state index in [0.717, 1.165) is 0 Å². The van der Waals surface area contributed by atoms with Gasteiger partial charge in [0.15, 0.2) is 0 Å². The molecule has 2 rings (SSSR count). The second kappa shape index (κ2) is 5.81. The number of rotatable bonds is 4. The zero-order chi connectivity index (χ0) is 13.7.